The van der Waals surface area contributed by atoms with Crippen molar-refractivity contribution >= 4 is 11.6 Å². The molecule has 2 nitrogen and oxygen atoms in total. The molecular formula is C13H17ClFNO. The van der Waals surface area contributed by atoms with Crippen LogP contribution in [0.4, 0.5) is 4.39 Å². The number of halogens is 2. The molecular weight excluding hydrogens is 241 g/mol. The van der Waals surface area contributed by atoms with Gasteiger partial charge in [0.1, 0.15) is 5.82 Å². The number of hydrogen-bond donors (Lipinski definition) is 2. The summed E-state index contributed by atoms with van der Waals surface area (Å²) in [5.41, 5.74) is 0.303. The van der Waals surface area contributed by atoms with Gasteiger partial charge in [-0.2, -0.15) is 0 Å². The Morgan fingerprint density at radius 2 is 2.24 bits per heavy atom. The van der Waals surface area contributed by atoms with Gasteiger partial charge >= 0.3 is 0 Å². The van der Waals surface area contributed by atoms with Crippen molar-refractivity contribution < 1.29 is 9.50 Å². The van der Waals surface area contributed by atoms with Gasteiger partial charge in [0.05, 0.1) is 5.60 Å². The standard InChI is InChI=1S/C13H17ClFNO/c1-9(16-8-13(17)5-2-6-13)11-4-3-10(15)7-12(11)14/h3-4,7,9,16-17H,2,5-6,8H2,1H3. The maximum atomic E-state index is 12.9. The number of nitrogens with one attached hydrogen (secondary N) is 1. The normalized spacial score (nSPS) is 19.8. The van der Waals surface area contributed by atoms with Gasteiger partial charge in [-0.1, -0.05) is 17.7 Å². The smallest absolute Gasteiger partial charge is 0.124 e. The summed E-state index contributed by atoms with van der Waals surface area (Å²) >= 11 is 5.98. The molecule has 0 aliphatic heterocycles. The van der Waals surface area contributed by atoms with E-state index in [0.29, 0.717) is 11.6 Å². The third kappa shape index (κ3) is 2.97. The SMILES string of the molecule is CC(NCC1(O)CCC1)c1ccc(F)cc1Cl. The highest BCUT2D eigenvalue weighted by Crippen LogP contribution is 2.32. The van der Waals surface area contributed by atoms with Crippen LogP contribution in [0.5, 0.6) is 0 Å². The maximum Gasteiger partial charge on any atom is 0.124 e. The van der Waals surface area contributed by atoms with Gasteiger partial charge in [0, 0.05) is 17.6 Å². The molecule has 94 valence electrons. The molecule has 2 rings (SSSR count). The zero-order chi connectivity index (χ0) is 12.5. The molecule has 1 aliphatic rings. The Balaban J connectivity index is 1.96. The van der Waals surface area contributed by atoms with Crippen LogP contribution < -0.4 is 5.32 Å². The van der Waals surface area contributed by atoms with E-state index in [2.05, 4.69) is 5.32 Å². The molecule has 17 heavy (non-hydrogen) atoms. The summed E-state index contributed by atoms with van der Waals surface area (Å²) in [6.45, 7) is 2.52. The van der Waals surface area contributed by atoms with Crippen LogP contribution in [0.15, 0.2) is 18.2 Å². The molecule has 0 aromatic heterocycles. The van der Waals surface area contributed by atoms with Gasteiger partial charge in [-0.25, -0.2) is 4.39 Å². The Hall–Kier alpha value is -0.640. The molecule has 1 aliphatic carbocycles. The molecule has 1 aromatic rings. The highest BCUT2D eigenvalue weighted by Gasteiger charge is 2.34. The van der Waals surface area contributed by atoms with Gasteiger partial charge in [-0.15, -0.1) is 0 Å². The molecule has 0 spiro atoms. The second-order valence-electron chi connectivity index (χ2n) is 4.85. The van der Waals surface area contributed by atoms with E-state index < -0.39 is 5.60 Å². The van der Waals surface area contributed by atoms with Gasteiger partial charge in [0.15, 0.2) is 0 Å². The van der Waals surface area contributed by atoms with E-state index in [9.17, 15) is 9.50 Å². The summed E-state index contributed by atoms with van der Waals surface area (Å²) in [5.74, 6) is -0.330. The van der Waals surface area contributed by atoms with Crippen LogP contribution in [0, 0.1) is 5.82 Å². The van der Waals surface area contributed by atoms with Crippen LogP contribution >= 0.6 is 11.6 Å². The van der Waals surface area contributed by atoms with Gasteiger partial charge < -0.3 is 10.4 Å². The van der Waals surface area contributed by atoms with Crippen molar-refractivity contribution in [2.45, 2.75) is 37.8 Å². The van der Waals surface area contributed by atoms with Crippen molar-refractivity contribution in [1.82, 2.24) is 5.32 Å². The highest BCUT2D eigenvalue weighted by molar-refractivity contribution is 6.31. The Morgan fingerprint density at radius 3 is 2.76 bits per heavy atom. The molecule has 0 heterocycles. The van der Waals surface area contributed by atoms with E-state index in [1.165, 1.54) is 12.1 Å². The molecule has 1 atom stereocenters. The number of rotatable bonds is 4. The molecule has 2 N–H and O–H groups in total. The van der Waals surface area contributed by atoms with Crippen LogP contribution in [0.3, 0.4) is 0 Å². The molecule has 1 unspecified atom stereocenters. The summed E-state index contributed by atoms with van der Waals surface area (Å²) in [6.07, 6.45) is 2.79. The Morgan fingerprint density at radius 1 is 1.53 bits per heavy atom. The van der Waals surface area contributed by atoms with E-state index in [0.717, 1.165) is 24.8 Å². The summed E-state index contributed by atoms with van der Waals surface area (Å²) in [4.78, 5) is 0. The Labute approximate surface area is 106 Å². The van der Waals surface area contributed by atoms with Crippen molar-refractivity contribution in [1.29, 1.82) is 0 Å². The molecule has 1 fully saturated rings. The van der Waals surface area contributed by atoms with Crippen LogP contribution in [0.2, 0.25) is 5.02 Å². The first-order valence-electron chi connectivity index (χ1n) is 5.91. The molecule has 0 amide bonds. The Bertz CT molecular complexity index is 406. The lowest BCUT2D eigenvalue weighted by Crippen LogP contribution is -2.46. The fraction of sp³-hybridized carbons (Fsp3) is 0.538. The predicted octanol–water partition coefficient (Wildman–Crippen LogP) is 3.04. The number of hydrogen-bond acceptors (Lipinski definition) is 2. The maximum absolute atomic E-state index is 12.9. The van der Waals surface area contributed by atoms with Crippen molar-refractivity contribution in [3.8, 4) is 0 Å². The average molecular weight is 258 g/mol. The molecule has 1 saturated carbocycles. The summed E-state index contributed by atoms with van der Waals surface area (Å²) in [7, 11) is 0. The fourth-order valence-electron chi connectivity index (χ4n) is 2.07. The van der Waals surface area contributed by atoms with E-state index in [-0.39, 0.29) is 11.9 Å². The topological polar surface area (TPSA) is 32.3 Å². The first-order chi connectivity index (χ1) is 8.00. The predicted molar refractivity (Wildman–Crippen MR) is 66.6 cm³/mol. The van der Waals surface area contributed by atoms with E-state index in [1.54, 1.807) is 6.07 Å². The minimum Gasteiger partial charge on any atom is -0.389 e. The molecule has 0 bridgehead atoms. The Kier molecular flexibility index (Phi) is 3.71. The fourth-order valence-corrected chi connectivity index (χ4v) is 2.40. The second kappa shape index (κ2) is 4.92. The van der Waals surface area contributed by atoms with Crippen LogP contribution in [0.1, 0.15) is 37.8 Å². The van der Waals surface area contributed by atoms with Gasteiger partial charge in [0.25, 0.3) is 0 Å². The minimum absolute atomic E-state index is 0.00715. The minimum atomic E-state index is -0.555. The van der Waals surface area contributed by atoms with Gasteiger partial charge in [0.2, 0.25) is 0 Å². The van der Waals surface area contributed by atoms with Crippen molar-refractivity contribution in [3.63, 3.8) is 0 Å². The molecule has 0 radical (unpaired) electrons. The summed E-state index contributed by atoms with van der Waals surface area (Å²) in [5, 5.41) is 13.6. The molecule has 1 aromatic carbocycles. The van der Waals surface area contributed by atoms with E-state index >= 15 is 0 Å². The molecule has 0 saturated heterocycles. The average Bonchev–Trinajstić information content (AvgIpc) is 2.23. The van der Waals surface area contributed by atoms with Crippen molar-refractivity contribution in [3.05, 3.63) is 34.6 Å². The zero-order valence-electron chi connectivity index (χ0n) is 9.84. The first kappa shape index (κ1) is 12.8. The van der Waals surface area contributed by atoms with Gasteiger partial charge in [-0.05, 0) is 43.9 Å². The third-order valence-electron chi connectivity index (χ3n) is 3.45. The van der Waals surface area contributed by atoms with Gasteiger partial charge in [-0.3, -0.25) is 0 Å². The zero-order valence-corrected chi connectivity index (χ0v) is 10.6. The number of aliphatic hydroxyl groups is 1. The molecule has 4 heteroatoms. The largest absolute Gasteiger partial charge is 0.389 e. The van der Waals surface area contributed by atoms with Crippen LogP contribution in [-0.4, -0.2) is 17.3 Å². The first-order valence-corrected chi connectivity index (χ1v) is 6.29. The number of benzene rings is 1. The third-order valence-corrected chi connectivity index (χ3v) is 3.78. The quantitative estimate of drug-likeness (QED) is 0.869. The lowest BCUT2D eigenvalue weighted by atomic mass is 9.80. The van der Waals surface area contributed by atoms with Crippen LogP contribution in [-0.2, 0) is 0 Å². The van der Waals surface area contributed by atoms with E-state index in [1.807, 2.05) is 6.92 Å². The lowest BCUT2D eigenvalue weighted by Gasteiger charge is -2.37. The van der Waals surface area contributed by atoms with Crippen LogP contribution in [0.25, 0.3) is 0 Å². The monoisotopic (exact) mass is 257 g/mol. The van der Waals surface area contributed by atoms with Crippen molar-refractivity contribution in [2.75, 3.05) is 6.54 Å². The second-order valence-corrected chi connectivity index (χ2v) is 5.25. The highest BCUT2D eigenvalue weighted by atomic mass is 35.5. The lowest BCUT2D eigenvalue weighted by molar-refractivity contribution is -0.0329. The van der Waals surface area contributed by atoms with E-state index in [4.69, 9.17) is 11.6 Å². The summed E-state index contributed by atoms with van der Waals surface area (Å²) in [6, 6.07) is 4.40. The van der Waals surface area contributed by atoms with Crippen molar-refractivity contribution in [2.24, 2.45) is 0 Å². The summed E-state index contributed by atoms with van der Waals surface area (Å²) < 4.78 is 12.9.